The molecule has 1 atom stereocenters. The fourth-order valence-corrected chi connectivity index (χ4v) is 3.34. The second-order valence-corrected chi connectivity index (χ2v) is 6.86. The van der Waals surface area contributed by atoms with Crippen LogP contribution in [0.1, 0.15) is 18.4 Å². The smallest absolute Gasteiger partial charge is 0.248 e. The average Bonchev–Trinajstić information content (AvgIpc) is 3.25. The van der Waals surface area contributed by atoms with Crippen LogP contribution in [0.2, 0.25) is 0 Å². The van der Waals surface area contributed by atoms with Crippen molar-refractivity contribution in [1.82, 2.24) is 0 Å². The minimum Gasteiger partial charge on any atom is -0.491 e. The van der Waals surface area contributed by atoms with Gasteiger partial charge in [-0.1, -0.05) is 42.5 Å². The van der Waals surface area contributed by atoms with E-state index in [-0.39, 0.29) is 12.0 Å². The number of benzene rings is 3. The molecule has 0 saturated carbocycles. The normalized spacial score (nSPS) is 16.5. The highest BCUT2D eigenvalue weighted by Gasteiger charge is 2.15. The van der Waals surface area contributed by atoms with Crippen LogP contribution in [0.15, 0.2) is 72.8 Å². The molecule has 1 fully saturated rings. The molecule has 3 aromatic rings. The van der Waals surface area contributed by atoms with Crippen LogP contribution < -0.4 is 10.1 Å². The Labute approximate surface area is 164 Å². The predicted molar refractivity (Wildman–Crippen MR) is 113 cm³/mol. The lowest BCUT2D eigenvalue weighted by Gasteiger charge is -2.11. The van der Waals surface area contributed by atoms with Crippen molar-refractivity contribution in [3.8, 4) is 5.75 Å². The third kappa shape index (κ3) is 4.59. The molecule has 0 spiro atoms. The molecule has 1 N–H and O–H groups in total. The number of fused-ring (bicyclic) bond motifs is 1. The summed E-state index contributed by atoms with van der Waals surface area (Å²) < 4.78 is 11.3. The highest BCUT2D eigenvalue weighted by molar-refractivity contribution is 6.03. The van der Waals surface area contributed by atoms with Crippen LogP contribution in [0.4, 0.5) is 5.69 Å². The van der Waals surface area contributed by atoms with Crippen molar-refractivity contribution in [3.05, 3.63) is 78.4 Å². The largest absolute Gasteiger partial charge is 0.491 e. The van der Waals surface area contributed by atoms with Crippen molar-refractivity contribution in [2.75, 3.05) is 18.5 Å². The summed E-state index contributed by atoms with van der Waals surface area (Å²) in [5.41, 5.74) is 1.75. The molecule has 3 aromatic carbocycles. The van der Waals surface area contributed by atoms with E-state index in [0.717, 1.165) is 47.2 Å². The van der Waals surface area contributed by atoms with Gasteiger partial charge in [-0.15, -0.1) is 0 Å². The van der Waals surface area contributed by atoms with Crippen molar-refractivity contribution < 1.29 is 14.3 Å². The quantitative estimate of drug-likeness (QED) is 0.615. The number of anilines is 1. The minimum atomic E-state index is -0.166. The second-order valence-electron chi connectivity index (χ2n) is 6.86. The third-order valence-electron chi connectivity index (χ3n) is 4.82. The highest BCUT2D eigenvalue weighted by Crippen LogP contribution is 2.20. The predicted octanol–water partition coefficient (Wildman–Crippen LogP) is 5.05. The molecular weight excluding hydrogens is 350 g/mol. The average molecular weight is 373 g/mol. The number of carbonyl (C=O) groups is 1. The van der Waals surface area contributed by atoms with Gasteiger partial charge in [-0.25, -0.2) is 0 Å². The zero-order valence-corrected chi connectivity index (χ0v) is 15.6. The summed E-state index contributed by atoms with van der Waals surface area (Å²) in [6.45, 7) is 1.39. The van der Waals surface area contributed by atoms with Crippen LogP contribution in [-0.4, -0.2) is 25.2 Å². The van der Waals surface area contributed by atoms with Crippen LogP contribution in [-0.2, 0) is 9.53 Å². The maximum Gasteiger partial charge on any atom is 0.248 e. The van der Waals surface area contributed by atoms with Gasteiger partial charge in [-0.2, -0.15) is 0 Å². The summed E-state index contributed by atoms with van der Waals surface area (Å²) in [4.78, 5) is 12.3. The molecule has 1 amide bonds. The van der Waals surface area contributed by atoms with Gasteiger partial charge < -0.3 is 14.8 Å². The Balaban J connectivity index is 1.34. The molecule has 0 aromatic heterocycles. The Morgan fingerprint density at radius 2 is 1.89 bits per heavy atom. The van der Waals surface area contributed by atoms with E-state index in [0.29, 0.717) is 6.61 Å². The van der Waals surface area contributed by atoms with Crippen molar-refractivity contribution in [1.29, 1.82) is 0 Å². The van der Waals surface area contributed by atoms with Gasteiger partial charge >= 0.3 is 0 Å². The van der Waals surface area contributed by atoms with Gasteiger partial charge in [0.1, 0.15) is 12.4 Å². The number of rotatable bonds is 6. The molecule has 0 radical (unpaired) electrons. The summed E-state index contributed by atoms with van der Waals surface area (Å²) in [6, 6.07) is 21.6. The first-order valence-electron chi connectivity index (χ1n) is 9.59. The fourth-order valence-electron chi connectivity index (χ4n) is 3.34. The topological polar surface area (TPSA) is 47.6 Å². The van der Waals surface area contributed by atoms with Crippen LogP contribution >= 0.6 is 0 Å². The molecule has 4 heteroatoms. The zero-order valence-electron chi connectivity index (χ0n) is 15.6. The van der Waals surface area contributed by atoms with Crippen molar-refractivity contribution in [2.24, 2.45) is 0 Å². The molecule has 1 aliphatic rings. The molecular formula is C24H23NO3. The number of hydrogen-bond donors (Lipinski definition) is 1. The van der Waals surface area contributed by atoms with E-state index < -0.39 is 0 Å². The Bertz CT molecular complexity index is 967. The highest BCUT2D eigenvalue weighted by atomic mass is 16.5. The summed E-state index contributed by atoms with van der Waals surface area (Å²) >= 11 is 0. The zero-order chi connectivity index (χ0) is 19.2. The molecule has 4 rings (SSSR count). The lowest BCUT2D eigenvalue weighted by Crippen LogP contribution is -2.16. The van der Waals surface area contributed by atoms with Crippen molar-refractivity contribution in [2.45, 2.75) is 18.9 Å². The first-order valence-corrected chi connectivity index (χ1v) is 9.59. The lowest BCUT2D eigenvalue weighted by molar-refractivity contribution is -0.111. The van der Waals surface area contributed by atoms with E-state index in [9.17, 15) is 4.79 Å². The van der Waals surface area contributed by atoms with E-state index in [1.54, 1.807) is 6.08 Å². The maximum atomic E-state index is 12.3. The molecule has 142 valence electrons. The summed E-state index contributed by atoms with van der Waals surface area (Å²) in [7, 11) is 0. The molecule has 1 heterocycles. The monoisotopic (exact) mass is 373 g/mol. The molecule has 1 aliphatic heterocycles. The Morgan fingerprint density at radius 1 is 1.07 bits per heavy atom. The number of hydrogen-bond acceptors (Lipinski definition) is 3. The van der Waals surface area contributed by atoms with E-state index in [1.807, 2.05) is 54.6 Å². The second kappa shape index (κ2) is 8.72. The Morgan fingerprint density at radius 3 is 2.71 bits per heavy atom. The number of amides is 1. The van der Waals surface area contributed by atoms with Crippen LogP contribution in [0.25, 0.3) is 16.8 Å². The van der Waals surface area contributed by atoms with E-state index in [1.165, 1.54) is 0 Å². The van der Waals surface area contributed by atoms with Gasteiger partial charge in [0.05, 0.1) is 6.10 Å². The first kappa shape index (κ1) is 18.3. The Hall–Kier alpha value is -3.11. The van der Waals surface area contributed by atoms with Crippen LogP contribution in [0.5, 0.6) is 5.75 Å². The number of ether oxygens (including phenoxy) is 2. The molecule has 4 nitrogen and oxygen atoms in total. The van der Waals surface area contributed by atoms with Crippen molar-refractivity contribution in [3.63, 3.8) is 0 Å². The van der Waals surface area contributed by atoms with E-state index in [4.69, 9.17) is 9.47 Å². The third-order valence-corrected chi connectivity index (χ3v) is 4.82. The van der Waals surface area contributed by atoms with Gasteiger partial charge in [0.2, 0.25) is 5.91 Å². The summed E-state index contributed by atoms with van der Waals surface area (Å²) in [5.74, 6) is 0.612. The fraction of sp³-hybridized carbons (Fsp3) is 0.208. The first-order chi connectivity index (χ1) is 13.8. The van der Waals surface area contributed by atoms with Gasteiger partial charge in [-0.05, 0) is 59.5 Å². The van der Waals surface area contributed by atoms with Crippen LogP contribution in [0.3, 0.4) is 0 Å². The molecule has 0 aliphatic carbocycles. The molecule has 1 unspecified atom stereocenters. The van der Waals surface area contributed by atoms with Crippen molar-refractivity contribution >= 4 is 28.4 Å². The molecule has 0 bridgehead atoms. The van der Waals surface area contributed by atoms with Gasteiger partial charge in [0.15, 0.2) is 0 Å². The lowest BCUT2D eigenvalue weighted by atomic mass is 10.0. The number of nitrogens with one attached hydrogen (secondary N) is 1. The molecule has 1 saturated heterocycles. The summed E-state index contributed by atoms with van der Waals surface area (Å²) in [6.07, 6.45) is 5.75. The van der Waals surface area contributed by atoms with E-state index in [2.05, 4.69) is 23.5 Å². The minimum absolute atomic E-state index is 0.166. The van der Waals surface area contributed by atoms with Gasteiger partial charge in [-0.3, -0.25) is 4.79 Å². The standard InChI is InChI=1S/C24H23NO3/c26-24(15-10-19-7-3-6-18-5-1-2-9-23(18)19)25-20-11-13-21(14-12-20)28-17-22-8-4-16-27-22/h1-3,5-7,9-15,22H,4,8,16-17H2,(H,25,26)/b15-10+. The summed E-state index contributed by atoms with van der Waals surface area (Å²) in [5, 5.41) is 5.16. The van der Waals surface area contributed by atoms with Gasteiger partial charge in [0, 0.05) is 18.4 Å². The number of carbonyl (C=O) groups excluding carboxylic acids is 1. The maximum absolute atomic E-state index is 12.3. The van der Waals surface area contributed by atoms with E-state index >= 15 is 0 Å². The van der Waals surface area contributed by atoms with Gasteiger partial charge in [0.25, 0.3) is 0 Å². The Kier molecular flexibility index (Phi) is 5.69. The molecule has 28 heavy (non-hydrogen) atoms. The van der Waals surface area contributed by atoms with Crippen LogP contribution in [0, 0.1) is 0 Å². The SMILES string of the molecule is O=C(/C=C/c1cccc2ccccc12)Nc1ccc(OCC2CCCO2)cc1.